The van der Waals surface area contributed by atoms with Gasteiger partial charge in [0.1, 0.15) is 0 Å². The molecule has 16 heavy (non-hydrogen) atoms. The molecule has 0 aliphatic carbocycles. The van der Waals surface area contributed by atoms with Gasteiger partial charge in [-0.1, -0.05) is 26.7 Å². The summed E-state index contributed by atoms with van der Waals surface area (Å²) >= 11 is 0. The lowest BCUT2D eigenvalue weighted by Gasteiger charge is -2.10. The number of hydrogen-bond donors (Lipinski definition) is 1. The van der Waals surface area contributed by atoms with Crippen molar-refractivity contribution in [3.8, 4) is 0 Å². The Morgan fingerprint density at radius 3 is 2.19 bits per heavy atom. The Bertz CT molecular complexity index is 292. The second kappa shape index (κ2) is 6.63. The first-order chi connectivity index (χ1) is 7.72. The second-order valence-corrected chi connectivity index (χ2v) is 4.26. The van der Waals surface area contributed by atoms with E-state index in [9.17, 15) is 0 Å². The van der Waals surface area contributed by atoms with E-state index in [2.05, 4.69) is 29.4 Å². The van der Waals surface area contributed by atoms with Gasteiger partial charge in [0, 0.05) is 5.92 Å². The molecule has 1 heterocycles. The van der Waals surface area contributed by atoms with Crippen molar-refractivity contribution >= 4 is 0 Å². The zero-order valence-electron chi connectivity index (χ0n) is 10.8. The third-order valence-corrected chi connectivity index (χ3v) is 2.88. The number of hydrogen-bond acceptors (Lipinski definition) is 4. The Labute approximate surface area is 97.8 Å². The number of rotatable bonds is 7. The predicted octanol–water partition coefficient (Wildman–Crippen LogP) is 3.03. The van der Waals surface area contributed by atoms with Crippen molar-refractivity contribution < 1.29 is 4.42 Å². The number of aromatic nitrogens is 2. The summed E-state index contributed by atoms with van der Waals surface area (Å²) in [6.07, 6.45) is 4.57. The molecule has 1 aromatic rings. The molecule has 0 bridgehead atoms. The van der Waals surface area contributed by atoms with Crippen LogP contribution in [0.15, 0.2) is 4.42 Å². The second-order valence-electron chi connectivity index (χ2n) is 4.26. The van der Waals surface area contributed by atoms with E-state index in [-0.39, 0.29) is 6.04 Å². The Hall–Kier alpha value is -0.900. The highest BCUT2D eigenvalue weighted by Gasteiger charge is 2.18. The molecule has 4 heteroatoms. The van der Waals surface area contributed by atoms with Crippen molar-refractivity contribution in [3.05, 3.63) is 11.8 Å². The molecule has 1 aromatic heterocycles. The molecule has 0 aliphatic heterocycles. The van der Waals surface area contributed by atoms with E-state index in [1.54, 1.807) is 0 Å². The van der Waals surface area contributed by atoms with E-state index >= 15 is 0 Å². The number of nitrogens with zero attached hydrogens (tertiary/aromatic N) is 2. The Balaban J connectivity index is 2.72. The molecule has 1 N–H and O–H groups in total. The van der Waals surface area contributed by atoms with Crippen molar-refractivity contribution in [2.24, 2.45) is 0 Å². The molecule has 1 rings (SSSR count). The maximum Gasteiger partial charge on any atom is 0.233 e. The minimum Gasteiger partial charge on any atom is -0.423 e. The van der Waals surface area contributed by atoms with Crippen LogP contribution in [0.4, 0.5) is 0 Å². The van der Waals surface area contributed by atoms with Crippen LogP contribution in [0.1, 0.15) is 70.2 Å². The lowest BCUT2D eigenvalue weighted by Crippen LogP contribution is -2.12. The van der Waals surface area contributed by atoms with Crippen LogP contribution in [-0.2, 0) is 0 Å². The molecule has 1 unspecified atom stereocenters. The molecule has 0 aliphatic rings. The van der Waals surface area contributed by atoms with Gasteiger partial charge in [-0.15, -0.1) is 10.2 Å². The maximum atomic E-state index is 5.72. The van der Waals surface area contributed by atoms with Gasteiger partial charge in [0.05, 0.1) is 6.04 Å². The van der Waals surface area contributed by atoms with Crippen molar-refractivity contribution in [3.63, 3.8) is 0 Å². The first-order valence-electron chi connectivity index (χ1n) is 6.23. The van der Waals surface area contributed by atoms with Gasteiger partial charge in [0.25, 0.3) is 0 Å². The van der Waals surface area contributed by atoms with Gasteiger partial charge in [-0.2, -0.15) is 0 Å². The highest BCUT2D eigenvalue weighted by Crippen LogP contribution is 2.26. The standard InChI is InChI=1S/C12H23N3O/c1-5-7-10(8-6-2)12-15-14-11(16-12)9(3)13-4/h9-10,13H,5-8H2,1-4H3. The highest BCUT2D eigenvalue weighted by molar-refractivity contribution is 4.93. The van der Waals surface area contributed by atoms with Crippen molar-refractivity contribution in [2.75, 3.05) is 7.05 Å². The molecule has 0 amide bonds. The van der Waals surface area contributed by atoms with Crippen molar-refractivity contribution in [1.29, 1.82) is 0 Å². The Morgan fingerprint density at radius 2 is 1.69 bits per heavy atom. The average Bonchev–Trinajstić information content (AvgIpc) is 2.77. The average molecular weight is 225 g/mol. The summed E-state index contributed by atoms with van der Waals surface area (Å²) in [5.41, 5.74) is 0. The summed E-state index contributed by atoms with van der Waals surface area (Å²) in [5.74, 6) is 1.93. The van der Waals surface area contributed by atoms with Crippen LogP contribution >= 0.6 is 0 Å². The topological polar surface area (TPSA) is 51.0 Å². The fourth-order valence-electron chi connectivity index (χ4n) is 1.80. The molecule has 0 radical (unpaired) electrons. The van der Waals surface area contributed by atoms with Crippen LogP contribution in [0.3, 0.4) is 0 Å². The van der Waals surface area contributed by atoms with Crippen LogP contribution in [0.2, 0.25) is 0 Å². The summed E-state index contributed by atoms with van der Waals surface area (Å²) in [6, 6.07) is 0.130. The van der Waals surface area contributed by atoms with E-state index in [0.29, 0.717) is 11.8 Å². The summed E-state index contributed by atoms with van der Waals surface area (Å²) in [4.78, 5) is 0. The van der Waals surface area contributed by atoms with E-state index in [1.165, 1.54) is 0 Å². The quantitative estimate of drug-likeness (QED) is 0.775. The molecule has 0 saturated carbocycles. The van der Waals surface area contributed by atoms with Gasteiger partial charge in [-0.3, -0.25) is 0 Å². The first-order valence-corrected chi connectivity index (χ1v) is 6.23. The fraction of sp³-hybridized carbons (Fsp3) is 0.833. The molecule has 0 spiro atoms. The largest absolute Gasteiger partial charge is 0.423 e. The zero-order chi connectivity index (χ0) is 12.0. The summed E-state index contributed by atoms with van der Waals surface area (Å²) in [7, 11) is 1.89. The maximum absolute atomic E-state index is 5.72. The molecular formula is C12H23N3O. The van der Waals surface area contributed by atoms with Crippen molar-refractivity contribution in [1.82, 2.24) is 15.5 Å². The van der Waals surface area contributed by atoms with E-state index < -0.39 is 0 Å². The van der Waals surface area contributed by atoms with Crippen LogP contribution < -0.4 is 5.32 Å². The van der Waals surface area contributed by atoms with Gasteiger partial charge >= 0.3 is 0 Å². The van der Waals surface area contributed by atoms with Gasteiger partial charge in [-0.05, 0) is 26.8 Å². The van der Waals surface area contributed by atoms with Gasteiger partial charge in [0.15, 0.2) is 0 Å². The Kier molecular flexibility index (Phi) is 5.46. The first kappa shape index (κ1) is 13.2. The smallest absolute Gasteiger partial charge is 0.233 e. The zero-order valence-corrected chi connectivity index (χ0v) is 10.8. The minimum absolute atomic E-state index is 0.130. The molecular weight excluding hydrogens is 202 g/mol. The predicted molar refractivity (Wildman–Crippen MR) is 64.3 cm³/mol. The van der Waals surface area contributed by atoms with Crippen LogP contribution in [0.25, 0.3) is 0 Å². The molecule has 0 fully saturated rings. The summed E-state index contributed by atoms with van der Waals surface area (Å²) in [5, 5.41) is 11.4. The highest BCUT2D eigenvalue weighted by atomic mass is 16.4. The van der Waals surface area contributed by atoms with Crippen LogP contribution in [-0.4, -0.2) is 17.2 Å². The van der Waals surface area contributed by atoms with Gasteiger partial charge in [0.2, 0.25) is 11.8 Å². The third kappa shape index (κ3) is 3.30. The summed E-state index contributed by atoms with van der Waals surface area (Å²) < 4.78 is 5.72. The minimum atomic E-state index is 0.130. The lowest BCUT2D eigenvalue weighted by molar-refractivity contribution is 0.365. The number of nitrogens with one attached hydrogen (secondary N) is 1. The van der Waals surface area contributed by atoms with Crippen molar-refractivity contribution in [2.45, 2.75) is 58.4 Å². The third-order valence-electron chi connectivity index (χ3n) is 2.88. The Morgan fingerprint density at radius 1 is 1.12 bits per heavy atom. The van der Waals surface area contributed by atoms with Gasteiger partial charge < -0.3 is 9.73 Å². The molecule has 0 aromatic carbocycles. The molecule has 0 saturated heterocycles. The fourth-order valence-corrected chi connectivity index (χ4v) is 1.80. The SMILES string of the molecule is CCCC(CCC)c1nnc(C(C)NC)o1. The van der Waals surface area contributed by atoms with Crippen LogP contribution in [0.5, 0.6) is 0 Å². The van der Waals surface area contributed by atoms with E-state index in [0.717, 1.165) is 31.6 Å². The van der Waals surface area contributed by atoms with Crippen LogP contribution in [0, 0.1) is 0 Å². The summed E-state index contributed by atoms with van der Waals surface area (Å²) in [6.45, 7) is 6.40. The molecule has 4 nitrogen and oxygen atoms in total. The lowest BCUT2D eigenvalue weighted by atomic mass is 9.98. The monoisotopic (exact) mass is 225 g/mol. The molecule has 1 atom stereocenters. The molecule has 92 valence electrons. The normalized spacial score (nSPS) is 13.3. The van der Waals surface area contributed by atoms with E-state index in [1.807, 2.05) is 14.0 Å². The van der Waals surface area contributed by atoms with E-state index in [4.69, 9.17) is 4.42 Å². The van der Waals surface area contributed by atoms with Gasteiger partial charge in [-0.25, -0.2) is 0 Å².